The van der Waals surface area contributed by atoms with Crippen molar-refractivity contribution in [2.24, 2.45) is 10.7 Å². The van der Waals surface area contributed by atoms with E-state index in [0.717, 1.165) is 10.4 Å². The van der Waals surface area contributed by atoms with E-state index in [9.17, 15) is 9.90 Å². The van der Waals surface area contributed by atoms with Crippen molar-refractivity contribution < 1.29 is 9.90 Å². The molecule has 0 fully saturated rings. The zero-order valence-corrected chi connectivity index (χ0v) is 15.4. The highest BCUT2D eigenvalue weighted by Gasteiger charge is 2.11. The number of aliphatic hydroxyl groups is 1. The molecule has 0 spiro atoms. The summed E-state index contributed by atoms with van der Waals surface area (Å²) in [5, 5.41) is 16.4. The number of aliphatic imine (C=N–C) groups is 1. The van der Waals surface area contributed by atoms with E-state index in [-0.39, 0.29) is 0 Å². The average Bonchev–Trinajstić information content (AvgIpc) is 3.04. The van der Waals surface area contributed by atoms with Gasteiger partial charge in [-0.25, -0.2) is 4.99 Å². The van der Waals surface area contributed by atoms with Crippen molar-refractivity contribution in [3.05, 3.63) is 56.7 Å². The second-order valence-electron chi connectivity index (χ2n) is 5.29. The second-order valence-corrected chi connectivity index (χ2v) is 7.04. The zero-order valence-electron chi connectivity index (χ0n) is 13.8. The highest BCUT2D eigenvalue weighted by molar-refractivity contribution is 7.16. The van der Waals surface area contributed by atoms with E-state index < -0.39 is 12.0 Å². The van der Waals surface area contributed by atoms with Gasteiger partial charge in [0.15, 0.2) is 5.96 Å². The van der Waals surface area contributed by atoms with Crippen molar-refractivity contribution in [3.63, 3.8) is 0 Å². The molecule has 0 saturated carbocycles. The fourth-order valence-corrected chi connectivity index (χ4v) is 3.13. The first kappa shape index (κ1) is 19.2. The molecule has 1 aromatic heterocycles. The lowest BCUT2D eigenvalue weighted by Crippen LogP contribution is -2.39. The summed E-state index contributed by atoms with van der Waals surface area (Å²) in [4.78, 5) is 16.3. The van der Waals surface area contributed by atoms with Crippen LogP contribution >= 0.6 is 22.9 Å². The van der Waals surface area contributed by atoms with Gasteiger partial charge < -0.3 is 21.5 Å². The van der Waals surface area contributed by atoms with Gasteiger partial charge in [0.05, 0.1) is 10.9 Å². The van der Waals surface area contributed by atoms with Crippen molar-refractivity contribution in [1.29, 1.82) is 0 Å². The number of primary amides is 1. The predicted octanol–water partition coefficient (Wildman–Crippen LogP) is 2.29. The fourth-order valence-electron chi connectivity index (χ4n) is 2.09. The molecule has 1 amide bonds. The van der Waals surface area contributed by atoms with Gasteiger partial charge in [0, 0.05) is 23.5 Å². The van der Waals surface area contributed by atoms with Crippen LogP contribution in [0.25, 0.3) is 0 Å². The smallest absolute Gasteiger partial charge is 0.248 e. The van der Waals surface area contributed by atoms with E-state index >= 15 is 0 Å². The number of halogens is 1. The van der Waals surface area contributed by atoms with E-state index in [2.05, 4.69) is 15.6 Å². The lowest BCUT2D eigenvalue weighted by atomic mass is 10.1. The Morgan fingerprint density at radius 1 is 1.28 bits per heavy atom. The lowest BCUT2D eigenvalue weighted by Gasteiger charge is -2.14. The van der Waals surface area contributed by atoms with Crippen molar-refractivity contribution >= 4 is 34.8 Å². The van der Waals surface area contributed by atoms with E-state index in [1.807, 2.05) is 25.1 Å². The molecule has 1 unspecified atom stereocenters. The Labute approximate surface area is 155 Å². The van der Waals surface area contributed by atoms with Crippen LogP contribution in [0.1, 0.15) is 33.8 Å². The third-order valence-corrected chi connectivity index (χ3v) is 4.72. The van der Waals surface area contributed by atoms with E-state index in [1.165, 1.54) is 11.3 Å². The largest absolute Gasteiger partial charge is 0.386 e. The summed E-state index contributed by atoms with van der Waals surface area (Å²) in [6.07, 6.45) is -0.656. The van der Waals surface area contributed by atoms with Crippen LogP contribution in [0.15, 0.2) is 41.4 Å². The molecule has 5 N–H and O–H groups in total. The van der Waals surface area contributed by atoms with E-state index in [4.69, 9.17) is 17.3 Å². The van der Waals surface area contributed by atoms with Gasteiger partial charge in [-0.15, -0.1) is 11.3 Å². The Bertz CT molecular complexity index is 731. The maximum atomic E-state index is 11.1. The predicted molar refractivity (Wildman–Crippen MR) is 102 cm³/mol. The maximum Gasteiger partial charge on any atom is 0.248 e. The summed E-state index contributed by atoms with van der Waals surface area (Å²) in [7, 11) is 0. The molecule has 1 heterocycles. The van der Waals surface area contributed by atoms with E-state index in [1.54, 1.807) is 18.2 Å². The van der Waals surface area contributed by atoms with Gasteiger partial charge in [-0.05, 0) is 36.8 Å². The first-order valence-corrected chi connectivity index (χ1v) is 9.03. The van der Waals surface area contributed by atoms with Crippen LogP contribution in [0.4, 0.5) is 0 Å². The second kappa shape index (κ2) is 9.41. The van der Waals surface area contributed by atoms with Gasteiger partial charge in [0.2, 0.25) is 5.91 Å². The van der Waals surface area contributed by atoms with Gasteiger partial charge in [0.1, 0.15) is 6.10 Å². The first-order valence-electron chi connectivity index (χ1n) is 7.83. The molecule has 0 saturated heterocycles. The Balaban J connectivity index is 1.94. The van der Waals surface area contributed by atoms with Crippen LogP contribution in [0, 0.1) is 0 Å². The Hall–Kier alpha value is -2.09. The highest BCUT2D eigenvalue weighted by Crippen LogP contribution is 2.26. The van der Waals surface area contributed by atoms with Gasteiger partial charge >= 0.3 is 0 Å². The molecular formula is C17H21ClN4O2S. The van der Waals surface area contributed by atoms with E-state index in [0.29, 0.717) is 35.5 Å². The van der Waals surface area contributed by atoms with Crippen molar-refractivity contribution in [3.8, 4) is 0 Å². The highest BCUT2D eigenvalue weighted by atomic mass is 35.5. The van der Waals surface area contributed by atoms with Crippen molar-refractivity contribution in [1.82, 2.24) is 10.6 Å². The third-order valence-electron chi connectivity index (χ3n) is 3.39. The monoisotopic (exact) mass is 380 g/mol. The van der Waals surface area contributed by atoms with Crippen molar-refractivity contribution in [2.75, 3.05) is 13.1 Å². The minimum atomic E-state index is -0.656. The summed E-state index contributed by atoms with van der Waals surface area (Å²) in [6, 6.07) is 10.6. The van der Waals surface area contributed by atoms with Crippen molar-refractivity contribution in [2.45, 2.75) is 19.6 Å². The molecule has 25 heavy (non-hydrogen) atoms. The number of benzene rings is 1. The van der Waals surface area contributed by atoms with Crippen LogP contribution in [-0.4, -0.2) is 30.1 Å². The van der Waals surface area contributed by atoms with Crippen LogP contribution in [0.3, 0.4) is 0 Å². The first-order chi connectivity index (χ1) is 12.0. The zero-order chi connectivity index (χ0) is 18.2. The molecule has 134 valence electrons. The molecular weight excluding hydrogens is 360 g/mol. The van der Waals surface area contributed by atoms with Gasteiger partial charge in [-0.1, -0.05) is 23.7 Å². The number of guanidine groups is 1. The number of hydrogen-bond acceptors (Lipinski definition) is 4. The summed E-state index contributed by atoms with van der Waals surface area (Å²) < 4.78 is 0.647. The molecule has 0 bridgehead atoms. The van der Waals surface area contributed by atoms with Crippen LogP contribution in [0.2, 0.25) is 4.34 Å². The van der Waals surface area contributed by atoms with Crippen LogP contribution in [0.5, 0.6) is 0 Å². The average molecular weight is 381 g/mol. The quantitative estimate of drug-likeness (QED) is 0.437. The number of carbonyl (C=O) groups excluding carboxylic acids is 1. The summed E-state index contributed by atoms with van der Waals surface area (Å²) in [6.45, 7) is 3.43. The standard InChI is InChI=1S/C17H21ClN4O2S/c1-2-20-17(22-10-13(23)14-7-8-15(18)25-14)21-9-11-3-5-12(6-4-11)16(19)24/h3-8,13,23H,2,9-10H2,1H3,(H2,19,24)(H2,20,21,22). The Kier molecular flexibility index (Phi) is 7.24. The van der Waals surface area contributed by atoms with Crippen LogP contribution in [-0.2, 0) is 6.54 Å². The molecule has 2 aromatic rings. The van der Waals surface area contributed by atoms with Gasteiger partial charge in [-0.3, -0.25) is 4.79 Å². The number of nitrogens with one attached hydrogen (secondary N) is 2. The summed E-state index contributed by atoms with van der Waals surface area (Å²) >= 11 is 7.24. The number of rotatable bonds is 7. The Morgan fingerprint density at radius 2 is 2.00 bits per heavy atom. The minimum Gasteiger partial charge on any atom is -0.386 e. The number of aliphatic hydroxyl groups excluding tert-OH is 1. The molecule has 8 heteroatoms. The molecule has 0 aliphatic rings. The molecule has 0 aliphatic heterocycles. The molecule has 2 rings (SSSR count). The van der Waals surface area contributed by atoms with Gasteiger partial charge in [-0.2, -0.15) is 0 Å². The summed E-state index contributed by atoms with van der Waals surface area (Å²) in [5.74, 6) is 0.149. The fraction of sp³-hybridized carbons (Fsp3) is 0.294. The third kappa shape index (κ3) is 6.04. The topological polar surface area (TPSA) is 99.7 Å². The Morgan fingerprint density at radius 3 is 2.56 bits per heavy atom. The number of thiophene rings is 1. The molecule has 0 aliphatic carbocycles. The molecule has 0 radical (unpaired) electrons. The number of hydrogen-bond donors (Lipinski definition) is 4. The summed E-state index contributed by atoms with van der Waals surface area (Å²) in [5.41, 5.74) is 6.65. The number of amides is 1. The maximum absolute atomic E-state index is 11.1. The van der Waals surface area contributed by atoms with Gasteiger partial charge in [0.25, 0.3) is 0 Å². The SMILES string of the molecule is CCNC(=NCc1ccc(C(N)=O)cc1)NCC(O)c1ccc(Cl)s1. The molecule has 1 atom stereocenters. The number of carbonyl (C=O) groups is 1. The lowest BCUT2D eigenvalue weighted by molar-refractivity contribution is 0.100. The van der Waals surface area contributed by atoms with Crippen LogP contribution < -0.4 is 16.4 Å². The number of nitrogens with two attached hydrogens (primary N) is 1. The normalized spacial score (nSPS) is 12.7. The number of nitrogens with zero attached hydrogens (tertiary/aromatic N) is 1. The molecule has 1 aromatic carbocycles. The minimum absolute atomic E-state index is 0.323. The molecule has 6 nitrogen and oxygen atoms in total.